The number of carbonyl (C=O) groups is 1. The minimum Gasteiger partial charge on any atom is -0.349 e. The van der Waals surface area contributed by atoms with Gasteiger partial charge in [-0.2, -0.15) is 30.7 Å². The third kappa shape index (κ3) is 4.57. The van der Waals surface area contributed by atoms with Gasteiger partial charge in [0, 0.05) is 23.9 Å². The maximum absolute atomic E-state index is 13.0. The third-order valence-electron chi connectivity index (χ3n) is 3.96. The van der Waals surface area contributed by atoms with E-state index in [0.717, 1.165) is 18.3 Å². The first kappa shape index (κ1) is 18.5. The highest BCUT2D eigenvalue weighted by atomic mass is 19.4. The summed E-state index contributed by atoms with van der Waals surface area (Å²) in [6, 6.07) is 0.561. The molecule has 0 saturated heterocycles. The topological polar surface area (TPSA) is 42.0 Å². The lowest BCUT2D eigenvalue weighted by atomic mass is 9.77. The first-order valence-corrected chi connectivity index (χ1v) is 7.02. The zero-order valence-electron chi connectivity index (χ0n) is 12.1. The summed E-state index contributed by atoms with van der Waals surface area (Å²) in [6.07, 6.45) is -10.9. The van der Waals surface area contributed by atoms with E-state index in [9.17, 15) is 35.5 Å². The zero-order valence-corrected chi connectivity index (χ0v) is 12.1. The lowest BCUT2D eigenvalue weighted by Gasteiger charge is -2.37. The van der Waals surface area contributed by atoms with Gasteiger partial charge in [-0.15, -0.1) is 0 Å². The number of aromatic nitrogens is 1. The number of alkyl halides is 6. The SMILES string of the molecule is O=C(NC1CC(C(F)(F)F)CC(C(F)(F)F)C1)c1ccnc(F)c1. The fourth-order valence-corrected chi connectivity index (χ4v) is 2.78. The summed E-state index contributed by atoms with van der Waals surface area (Å²) in [4.78, 5) is 15.1. The van der Waals surface area contributed by atoms with Gasteiger partial charge in [-0.3, -0.25) is 4.79 Å². The van der Waals surface area contributed by atoms with E-state index in [1.54, 1.807) is 0 Å². The van der Waals surface area contributed by atoms with E-state index >= 15 is 0 Å². The summed E-state index contributed by atoms with van der Waals surface area (Å²) < 4.78 is 90.1. The number of rotatable bonds is 2. The van der Waals surface area contributed by atoms with E-state index in [-0.39, 0.29) is 5.56 Å². The van der Waals surface area contributed by atoms with Crippen LogP contribution in [0.2, 0.25) is 0 Å². The van der Waals surface area contributed by atoms with Gasteiger partial charge in [0.25, 0.3) is 5.91 Å². The number of hydrogen-bond acceptors (Lipinski definition) is 2. The van der Waals surface area contributed by atoms with Crippen LogP contribution in [-0.4, -0.2) is 29.3 Å². The van der Waals surface area contributed by atoms with E-state index in [2.05, 4.69) is 10.3 Å². The first-order chi connectivity index (χ1) is 11.0. The molecule has 0 bridgehead atoms. The summed E-state index contributed by atoms with van der Waals surface area (Å²) in [6.45, 7) is 0. The Morgan fingerprint density at radius 1 is 1.04 bits per heavy atom. The Morgan fingerprint density at radius 2 is 1.58 bits per heavy atom. The molecule has 134 valence electrons. The number of nitrogens with one attached hydrogen (secondary N) is 1. The Balaban J connectivity index is 2.14. The predicted molar refractivity (Wildman–Crippen MR) is 68.4 cm³/mol. The van der Waals surface area contributed by atoms with Crippen LogP contribution in [0.15, 0.2) is 18.3 Å². The molecule has 0 spiro atoms. The van der Waals surface area contributed by atoms with E-state index < -0.39 is 61.3 Å². The Kier molecular flexibility index (Phi) is 5.05. The molecule has 0 aliphatic heterocycles. The van der Waals surface area contributed by atoms with Crippen molar-refractivity contribution >= 4 is 5.91 Å². The second kappa shape index (κ2) is 6.56. The first-order valence-electron chi connectivity index (χ1n) is 7.02. The monoisotopic (exact) mass is 358 g/mol. The summed E-state index contributed by atoms with van der Waals surface area (Å²) in [5.41, 5.74) is -0.222. The van der Waals surface area contributed by atoms with Gasteiger partial charge in [0.05, 0.1) is 11.8 Å². The molecule has 1 N–H and O–H groups in total. The molecule has 1 amide bonds. The fourth-order valence-electron chi connectivity index (χ4n) is 2.78. The van der Waals surface area contributed by atoms with Crippen LogP contribution in [0.4, 0.5) is 30.7 Å². The number of halogens is 7. The Bertz CT molecular complexity index is 578. The largest absolute Gasteiger partial charge is 0.391 e. The van der Waals surface area contributed by atoms with Gasteiger partial charge >= 0.3 is 12.4 Å². The minimum atomic E-state index is -4.78. The molecule has 1 saturated carbocycles. The van der Waals surface area contributed by atoms with Gasteiger partial charge in [-0.25, -0.2) is 4.98 Å². The molecule has 10 heteroatoms. The van der Waals surface area contributed by atoms with Gasteiger partial charge in [0.15, 0.2) is 0 Å². The molecule has 1 aliphatic rings. The van der Waals surface area contributed by atoms with Crippen molar-refractivity contribution in [3.8, 4) is 0 Å². The summed E-state index contributed by atoms with van der Waals surface area (Å²) in [5, 5.41) is 2.13. The van der Waals surface area contributed by atoms with Crippen molar-refractivity contribution in [2.45, 2.75) is 37.7 Å². The zero-order chi connectivity index (χ0) is 18.1. The fraction of sp³-hybridized carbons (Fsp3) is 0.571. The number of nitrogens with zero attached hydrogens (tertiary/aromatic N) is 1. The quantitative estimate of drug-likeness (QED) is 0.644. The van der Waals surface area contributed by atoms with Crippen LogP contribution in [0.5, 0.6) is 0 Å². The summed E-state index contributed by atoms with van der Waals surface area (Å²) in [7, 11) is 0. The summed E-state index contributed by atoms with van der Waals surface area (Å²) in [5.74, 6) is -6.23. The van der Waals surface area contributed by atoms with Crippen LogP contribution < -0.4 is 5.32 Å². The Labute approximate surface area is 132 Å². The molecule has 1 aromatic rings. The highest BCUT2D eigenvalue weighted by molar-refractivity contribution is 5.94. The molecule has 24 heavy (non-hydrogen) atoms. The van der Waals surface area contributed by atoms with Crippen molar-refractivity contribution in [3.05, 3.63) is 29.8 Å². The average molecular weight is 358 g/mol. The van der Waals surface area contributed by atoms with Crippen molar-refractivity contribution in [2.75, 3.05) is 0 Å². The second-order valence-corrected chi connectivity index (χ2v) is 5.72. The predicted octanol–water partition coefficient (Wildman–Crippen LogP) is 3.86. The molecule has 1 aromatic heterocycles. The lowest BCUT2D eigenvalue weighted by Crippen LogP contribution is -2.47. The molecule has 3 nitrogen and oxygen atoms in total. The molecule has 0 radical (unpaired) electrons. The standard InChI is InChI=1S/C14H13F7N2O/c15-11-3-7(1-2-22-11)12(24)23-10-5-8(13(16,17)18)4-9(6-10)14(19,20)21/h1-3,8-10H,4-6H2,(H,23,24). The minimum absolute atomic E-state index is 0.222. The average Bonchev–Trinajstić information content (AvgIpc) is 2.45. The maximum Gasteiger partial charge on any atom is 0.391 e. The van der Waals surface area contributed by atoms with E-state index in [1.807, 2.05) is 0 Å². The molecule has 1 heterocycles. The molecular weight excluding hydrogens is 345 g/mol. The molecule has 2 unspecified atom stereocenters. The van der Waals surface area contributed by atoms with Crippen molar-refractivity contribution in [2.24, 2.45) is 11.8 Å². The van der Waals surface area contributed by atoms with E-state index in [0.29, 0.717) is 0 Å². The lowest BCUT2D eigenvalue weighted by molar-refractivity contribution is -0.225. The van der Waals surface area contributed by atoms with Crippen LogP contribution in [0.25, 0.3) is 0 Å². The van der Waals surface area contributed by atoms with E-state index in [1.165, 1.54) is 0 Å². The number of amides is 1. The Hall–Kier alpha value is -1.87. The molecular formula is C14H13F7N2O. The second-order valence-electron chi connectivity index (χ2n) is 5.72. The van der Waals surface area contributed by atoms with Crippen LogP contribution >= 0.6 is 0 Å². The van der Waals surface area contributed by atoms with Crippen LogP contribution in [0.3, 0.4) is 0 Å². The van der Waals surface area contributed by atoms with Crippen LogP contribution in [0.1, 0.15) is 29.6 Å². The highest BCUT2D eigenvalue weighted by Gasteiger charge is 2.52. The molecule has 1 aliphatic carbocycles. The van der Waals surface area contributed by atoms with Gasteiger partial charge < -0.3 is 5.32 Å². The molecule has 0 aromatic carbocycles. The van der Waals surface area contributed by atoms with Crippen molar-refractivity contribution < 1.29 is 35.5 Å². The smallest absolute Gasteiger partial charge is 0.349 e. The van der Waals surface area contributed by atoms with Crippen LogP contribution in [-0.2, 0) is 0 Å². The van der Waals surface area contributed by atoms with Crippen molar-refractivity contribution in [3.63, 3.8) is 0 Å². The molecule has 1 fully saturated rings. The highest BCUT2D eigenvalue weighted by Crippen LogP contribution is 2.45. The Morgan fingerprint density at radius 3 is 2.04 bits per heavy atom. The van der Waals surface area contributed by atoms with E-state index in [4.69, 9.17) is 0 Å². The summed E-state index contributed by atoms with van der Waals surface area (Å²) >= 11 is 0. The number of pyridine rings is 1. The van der Waals surface area contributed by atoms with Gasteiger partial charge in [0.2, 0.25) is 5.95 Å². The third-order valence-corrected chi connectivity index (χ3v) is 3.96. The number of carbonyl (C=O) groups excluding carboxylic acids is 1. The van der Waals surface area contributed by atoms with Crippen molar-refractivity contribution in [1.29, 1.82) is 0 Å². The van der Waals surface area contributed by atoms with Gasteiger partial charge in [-0.05, 0) is 25.3 Å². The van der Waals surface area contributed by atoms with Crippen LogP contribution in [0, 0.1) is 17.8 Å². The van der Waals surface area contributed by atoms with Crippen molar-refractivity contribution in [1.82, 2.24) is 10.3 Å². The van der Waals surface area contributed by atoms with Gasteiger partial charge in [-0.1, -0.05) is 0 Å². The molecule has 2 rings (SSSR count). The maximum atomic E-state index is 13.0. The van der Waals surface area contributed by atoms with Gasteiger partial charge in [0.1, 0.15) is 0 Å². The number of hydrogen-bond donors (Lipinski definition) is 1. The molecule has 2 atom stereocenters. The normalized spacial score (nSPS) is 25.4.